The number of alkyl halides is 3. The molecular weight excluding hydrogens is 555 g/mol. The van der Waals surface area contributed by atoms with Crippen LogP contribution in [0.2, 0.25) is 0 Å². The molecule has 2 aromatic carbocycles. The van der Waals surface area contributed by atoms with Crippen LogP contribution in [0.25, 0.3) is 0 Å². The molecule has 0 bridgehead atoms. The number of hydrogen-bond donors (Lipinski definition) is 3. The van der Waals surface area contributed by atoms with E-state index in [2.05, 4.69) is 14.5 Å². The van der Waals surface area contributed by atoms with Gasteiger partial charge in [-0.25, -0.2) is 18.0 Å². The van der Waals surface area contributed by atoms with Gasteiger partial charge in [-0.2, -0.15) is 13.2 Å². The van der Waals surface area contributed by atoms with Gasteiger partial charge in [-0.15, -0.1) is 0 Å². The van der Waals surface area contributed by atoms with E-state index in [1.807, 2.05) is 0 Å². The molecule has 0 aliphatic carbocycles. The Kier molecular flexibility index (Phi) is 10.8. The van der Waals surface area contributed by atoms with Crippen molar-refractivity contribution in [2.75, 3.05) is 55.6 Å². The molecule has 0 aromatic heterocycles. The minimum atomic E-state index is -5.08. The lowest BCUT2D eigenvalue weighted by Gasteiger charge is -2.35. The third kappa shape index (κ3) is 9.10. The van der Waals surface area contributed by atoms with Crippen LogP contribution in [0.3, 0.4) is 0 Å². The third-order valence-corrected chi connectivity index (χ3v) is 8.08. The first-order valence-electron chi connectivity index (χ1n) is 12.7. The fourth-order valence-electron chi connectivity index (χ4n) is 4.51. The predicted octanol–water partition coefficient (Wildman–Crippen LogP) is 3.76. The number of aliphatic carboxylic acids is 1. The van der Waals surface area contributed by atoms with Crippen molar-refractivity contribution in [2.24, 2.45) is 5.92 Å². The molecule has 0 unspecified atom stereocenters. The van der Waals surface area contributed by atoms with Crippen molar-refractivity contribution in [3.8, 4) is 0 Å². The van der Waals surface area contributed by atoms with Gasteiger partial charge < -0.3 is 19.8 Å². The largest absolute Gasteiger partial charge is 0.490 e. The van der Waals surface area contributed by atoms with Gasteiger partial charge in [0.15, 0.2) is 0 Å². The summed E-state index contributed by atoms with van der Waals surface area (Å²) in [7, 11) is -3.78. The minimum Gasteiger partial charge on any atom is -0.478 e. The second-order valence-electron chi connectivity index (χ2n) is 9.43. The Bertz CT molecular complexity index is 1250. The highest BCUT2D eigenvalue weighted by Gasteiger charge is 2.38. The Morgan fingerprint density at radius 2 is 1.57 bits per heavy atom. The van der Waals surface area contributed by atoms with Crippen LogP contribution in [0.5, 0.6) is 0 Å². The first kappa shape index (κ1) is 31.2. The normalized spacial score (nSPS) is 17.0. The summed E-state index contributed by atoms with van der Waals surface area (Å²) in [5, 5.41) is 16.9. The van der Waals surface area contributed by atoms with Crippen molar-refractivity contribution >= 4 is 33.3 Å². The topological polar surface area (TPSA) is 136 Å². The third-order valence-electron chi connectivity index (χ3n) is 6.69. The second-order valence-corrected chi connectivity index (χ2v) is 11.1. The molecule has 10 nitrogen and oxygen atoms in total. The summed E-state index contributed by atoms with van der Waals surface area (Å²) in [4.78, 5) is 25.6. The second kappa shape index (κ2) is 13.8. The summed E-state index contributed by atoms with van der Waals surface area (Å²) in [6, 6.07) is 12.8. The number of carbonyl (C=O) groups is 2. The number of nitrogens with one attached hydrogen (secondary N) is 1. The van der Waals surface area contributed by atoms with E-state index >= 15 is 0 Å². The Morgan fingerprint density at radius 1 is 0.975 bits per heavy atom. The zero-order valence-electron chi connectivity index (χ0n) is 21.6. The number of carboxylic acid groups (broad SMARTS) is 2. The summed E-state index contributed by atoms with van der Waals surface area (Å²) >= 11 is 0. The lowest BCUT2D eigenvalue weighted by molar-refractivity contribution is -0.192. The van der Waals surface area contributed by atoms with E-state index in [0.717, 1.165) is 65.2 Å². The van der Waals surface area contributed by atoms with Gasteiger partial charge >= 0.3 is 18.1 Å². The summed E-state index contributed by atoms with van der Waals surface area (Å²) in [6.45, 7) is 6.31. The zero-order valence-corrected chi connectivity index (χ0v) is 22.5. The maximum Gasteiger partial charge on any atom is 0.490 e. The number of hydrogen-bond acceptors (Lipinski definition) is 7. The average Bonchev–Trinajstić information content (AvgIpc) is 2.93. The molecule has 2 heterocycles. The van der Waals surface area contributed by atoms with Gasteiger partial charge in [0.1, 0.15) is 0 Å². The molecular formula is C26H32F3N3O7S. The molecule has 0 amide bonds. The molecule has 0 atom stereocenters. The van der Waals surface area contributed by atoms with Gasteiger partial charge in [-0.1, -0.05) is 18.2 Å². The number of sulfonamides is 1. The standard InChI is InChI=1S/C24H31N3O5S.C2HF3O2/c28-24(29)22-18-20(25-33(30,31)21-4-2-1-3-5-21)6-7-23(22)27-12-9-19(10-13-27)8-11-26-14-16-32-17-15-26;3-2(4,5)1(6)7/h1-7,18-19,25H,8-17H2,(H,28,29);(H,6,7). The fraction of sp³-hybridized carbons (Fsp3) is 0.462. The highest BCUT2D eigenvalue weighted by atomic mass is 32.2. The van der Waals surface area contributed by atoms with Crippen LogP contribution in [-0.4, -0.2) is 87.6 Å². The number of carboxylic acids is 2. The van der Waals surface area contributed by atoms with Gasteiger partial charge in [-0.3, -0.25) is 9.62 Å². The molecule has 2 aliphatic rings. The maximum absolute atomic E-state index is 12.6. The smallest absolute Gasteiger partial charge is 0.478 e. The van der Waals surface area contributed by atoms with Crippen LogP contribution in [0, 0.1) is 5.92 Å². The molecule has 2 fully saturated rings. The van der Waals surface area contributed by atoms with Gasteiger partial charge in [0, 0.05) is 31.9 Å². The number of benzene rings is 2. The maximum atomic E-state index is 12.6. The first-order valence-corrected chi connectivity index (χ1v) is 14.2. The first-order chi connectivity index (χ1) is 18.9. The van der Waals surface area contributed by atoms with Crippen molar-refractivity contribution in [2.45, 2.75) is 30.3 Å². The van der Waals surface area contributed by atoms with Crippen molar-refractivity contribution in [1.82, 2.24) is 4.90 Å². The number of nitrogens with zero attached hydrogens (tertiary/aromatic N) is 2. The predicted molar refractivity (Wildman–Crippen MR) is 141 cm³/mol. The molecule has 0 spiro atoms. The summed E-state index contributed by atoms with van der Waals surface area (Å²) in [5.41, 5.74) is 0.979. The van der Waals surface area contributed by atoms with Crippen LogP contribution in [0.15, 0.2) is 53.4 Å². The van der Waals surface area contributed by atoms with Gasteiger partial charge in [0.05, 0.1) is 29.4 Å². The monoisotopic (exact) mass is 587 g/mol. The Labute approximate surface area is 230 Å². The van der Waals surface area contributed by atoms with E-state index in [1.54, 1.807) is 30.3 Å². The van der Waals surface area contributed by atoms with Crippen LogP contribution in [0.1, 0.15) is 29.6 Å². The average molecular weight is 588 g/mol. The lowest BCUT2D eigenvalue weighted by Crippen LogP contribution is -2.39. The fourth-order valence-corrected chi connectivity index (χ4v) is 5.58. The van der Waals surface area contributed by atoms with Crippen LogP contribution in [-0.2, 0) is 19.6 Å². The van der Waals surface area contributed by atoms with E-state index in [0.29, 0.717) is 11.6 Å². The van der Waals surface area contributed by atoms with Gasteiger partial charge in [0.2, 0.25) is 0 Å². The molecule has 0 saturated carbocycles. The number of aromatic carboxylic acids is 1. The molecule has 220 valence electrons. The lowest BCUT2D eigenvalue weighted by atomic mass is 9.92. The van der Waals surface area contributed by atoms with E-state index in [9.17, 15) is 31.5 Å². The van der Waals surface area contributed by atoms with Crippen molar-refractivity contribution in [3.63, 3.8) is 0 Å². The van der Waals surface area contributed by atoms with Crippen LogP contribution < -0.4 is 9.62 Å². The van der Waals surface area contributed by atoms with Crippen LogP contribution >= 0.6 is 0 Å². The van der Waals surface area contributed by atoms with Crippen LogP contribution in [0.4, 0.5) is 24.5 Å². The zero-order chi connectivity index (χ0) is 29.3. The molecule has 14 heteroatoms. The van der Waals surface area contributed by atoms with Gasteiger partial charge in [-0.05, 0) is 62.1 Å². The molecule has 2 aromatic rings. The number of anilines is 2. The van der Waals surface area contributed by atoms with E-state index in [-0.39, 0.29) is 16.1 Å². The summed E-state index contributed by atoms with van der Waals surface area (Å²) in [6.07, 6.45) is -1.89. The number of ether oxygens (including phenoxy) is 1. The molecule has 0 radical (unpaired) electrons. The molecule has 2 aliphatic heterocycles. The quantitative estimate of drug-likeness (QED) is 0.422. The van der Waals surface area contributed by atoms with Gasteiger partial charge in [0.25, 0.3) is 10.0 Å². The Hall–Kier alpha value is -3.36. The summed E-state index contributed by atoms with van der Waals surface area (Å²) in [5.74, 6) is -3.19. The highest BCUT2D eigenvalue weighted by Crippen LogP contribution is 2.30. The number of rotatable bonds is 8. The van der Waals surface area contributed by atoms with Crippen molar-refractivity contribution < 1.29 is 46.1 Å². The molecule has 40 heavy (non-hydrogen) atoms. The number of halogens is 3. The molecule has 2 saturated heterocycles. The van der Waals surface area contributed by atoms with Crippen molar-refractivity contribution in [3.05, 3.63) is 54.1 Å². The number of piperidine rings is 1. The molecule has 3 N–H and O–H groups in total. The summed E-state index contributed by atoms with van der Waals surface area (Å²) < 4.78 is 64.8. The minimum absolute atomic E-state index is 0.107. The van der Waals surface area contributed by atoms with E-state index in [1.165, 1.54) is 18.2 Å². The SMILES string of the molecule is O=C(O)C(F)(F)F.O=C(O)c1cc(NS(=O)(=O)c2ccccc2)ccc1N1CCC(CCN2CCOCC2)CC1. The molecule has 4 rings (SSSR count). The Balaban J connectivity index is 0.000000559. The Morgan fingerprint density at radius 3 is 2.12 bits per heavy atom. The van der Waals surface area contributed by atoms with E-state index in [4.69, 9.17) is 14.6 Å². The number of morpholine rings is 1. The van der Waals surface area contributed by atoms with Crippen molar-refractivity contribution in [1.29, 1.82) is 0 Å². The highest BCUT2D eigenvalue weighted by molar-refractivity contribution is 7.92. The van der Waals surface area contributed by atoms with E-state index < -0.39 is 28.1 Å².